The molecular formula is C33H31Cl2NO10. The van der Waals surface area contributed by atoms with Crippen molar-refractivity contribution in [2.45, 2.75) is 38.6 Å². The molecule has 0 unspecified atom stereocenters. The minimum atomic E-state index is -1.37. The average Bonchev–Trinajstić information content (AvgIpc) is 3.91. The predicted octanol–water partition coefficient (Wildman–Crippen LogP) is 5.72. The number of carboxylic acids is 1. The van der Waals surface area contributed by atoms with E-state index in [9.17, 15) is 24.0 Å². The summed E-state index contributed by atoms with van der Waals surface area (Å²) in [5.74, 6) is -4.11. The number of aliphatic hydroxyl groups excluding tert-OH is 1. The van der Waals surface area contributed by atoms with E-state index < -0.39 is 36.4 Å². The van der Waals surface area contributed by atoms with Crippen LogP contribution in [0.4, 0.5) is 0 Å². The Kier molecular flexibility index (Phi) is 10.1. The van der Waals surface area contributed by atoms with Crippen LogP contribution in [0.25, 0.3) is 21.9 Å². The number of aliphatic carboxylic acids is 1. The number of amides is 1. The molecule has 0 radical (unpaired) electrons. The summed E-state index contributed by atoms with van der Waals surface area (Å²) < 4.78 is 15.6. The first-order valence-electron chi connectivity index (χ1n) is 14.8. The first-order chi connectivity index (χ1) is 22.0. The highest BCUT2D eigenvalue weighted by Crippen LogP contribution is 2.43. The lowest BCUT2D eigenvalue weighted by Gasteiger charge is -2.11. The highest BCUT2D eigenvalue weighted by atomic mass is 35.5. The molecule has 242 valence electrons. The van der Waals surface area contributed by atoms with Crippen LogP contribution in [-0.4, -0.2) is 58.9 Å². The third kappa shape index (κ3) is 7.27. The molecule has 2 aromatic heterocycles. The van der Waals surface area contributed by atoms with Crippen LogP contribution < -0.4 is 5.32 Å². The van der Waals surface area contributed by atoms with Crippen molar-refractivity contribution >= 4 is 74.6 Å². The van der Waals surface area contributed by atoms with E-state index in [2.05, 4.69) is 5.32 Å². The van der Waals surface area contributed by atoms with E-state index in [0.29, 0.717) is 57.2 Å². The predicted molar refractivity (Wildman–Crippen MR) is 167 cm³/mol. The SMILES string of the molecule is CCCCOC(=O)[C@H]1C[C@@H]1C(=O)c1cc(Cl)c2occc2c1.O=C(O)[C@H](CO)NC(=O)[C@H]1C[C@@H]1C(=O)c1cc(Cl)c2occc2c1. The summed E-state index contributed by atoms with van der Waals surface area (Å²) in [5, 5.41) is 22.2. The molecule has 4 aromatic rings. The van der Waals surface area contributed by atoms with Gasteiger partial charge in [-0.1, -0.05) is 36.5 Å². The Balaban J connectivity index is 0.000000182. The normalized spacial score (nSPS) is 20.3. The molecule has 2 heterocycles. The molecule has 2 fully saturated rings. The first kappa shape index (κ1) is 33.2. The van der Waals surface area contributed by atoms with E-state index in [1.54, 1.807) is 30.3 Å². The zero-order valence-electron chi connectivity index (χ0n) is 24.7. The summed E-state index contributed by atoms with van der Waals surface area (Å²) in [6.45, 7) is 1.76. The van der Waals surface area contributed by atoms with E-state index >= 15 is 0 Å². The number of hydrogen-bond donors (Lipinski definition) is 3. The van der Waals surface area contributed by atoms with Gasteiger partial charge in [0, 0.05) is 39.7 Å². The number of carbonyl (C=O) groups excluding carboxylic acids is 4. The molecule has 46 heavy (non-hydrogen) atoms. The van der Waals surface area contributed by atoms with Crippen LogP contribution in [0.5, 0.6) is 0 Å². The number of carboxylic acid groups (broad SMARTS) is 1. The standard InChI is InChI=1S/C17H17ClO4.C16H14ClNO6/c1-2-3-5-22-17(20)13-9-12(13)15(19)11-7-10-4-6-21-16(10)14(18)8-11;17-11-4-8(3-7-1-2-24-14(7)11)13(20)9-5-10(9)15(21)18-12(6-19)16(22)23/h4,6-8,12-13H,2-3,5,9H2,1H3;1-4,9-10,12,19H,5-6H2,(H,18,21)(H,22,23)/t12-,13-;9-,10-,12-/m00/s1. The molecule has 5 atom stereocenters. The van der Waals surface area contributed by atoms with Gasteiger partial charge in [-0.15, -0.1) is 0 Å². The first-order valence-corrected chi connectivity index (χ1v) is 15.5. The van der Waals surface area contributed by atoms with Gasteiger partial charge in [0.1, 0.15) is 6.04 Å². The van der Waals surface area contributed by atoms with Crippen LogP contribution in [0.2, 0.25) is 10.0 Å². The quantitative estimate of drug-likeness (QED) is 0.0961. The van der Waals surface area contributed by atoms with Gasteiger partial charge in [-0.3, -0.25) is 19.2 Å². The van der Waals surface area contributed by atoms with Crippen molar-refractivity contribution in [3.8, 4) is 0 Å². The molecule has 3 N–H and O–H groups in total. The lowest BCUT2D eigenvalue weighted by Crippen LogP contribution is -2.44. The number of carbonyl (C=O) groups is 5. The van der Waals surface area contributed by atoms with Gasteiger partial charge >= 0.3 is 11.9 Å². The van der Waals surface area contributed by atoms with Gasteiger partial charge in [-0.05, 0) is 55.7 Å². The number of nitrogens with one attached hydrogen (secondary N) is 1. The molecule has 11 nitrogen and oxygen atoms in total. The third-order valence-electron chi connectivity index (χ3n) is 8.01. The molecular weight excluding hydrogens is 641 g/mol. The number of esters is 1. The van der Waals surface area contributed by atoms with E-state index in [-0.39, 0.29) is 29.4 Å². The van der Waals surface area contributed by atoms with Crippen molar-refractivity contribution in [1.29, 1.82) is 0 Å². The second kappa shape index (κ2) is 14.1. The second-order valence-corrected chi connectivity index (χ2v) is 12.1. The van der Waals surface area contributed by atoms with Crippen LogP contribution >= 0.6 is 23.2 Å². The van der Waals surface area contributed by atoms with Crippen LogP contribution in [0, 0.1) is 23.7 Å². The van der Waals surface area contributed by atoms with Gasteiger partial charge in [0.15, 0.2) is 22.7 Å². The van der Waals surface area contributed by atoms with Crippen LogP contribution in [-0.2, 0) is 19.1 Å². The van der Waals surface area contributed by atoms with E-state index in [1.165, 1.54) is 18.6 Å². The number of unbranched alkanes of at least 4 members (excludes halogenated alkanes) is 1. The molecule has 6 rings (SSSR count). The fourth-order valence-corrected chi connectivity index (χ4v) is 5.74. The van der Waals surface area contributed by atoms with Crippen molar-refractivity contribution in [2.24, 2.45) is 23.7 Å². The average molecular weight is 673 g/mol. The lowest BCUT2D eigenvalue weighted by atomic mass is 10.0. The van der Waals surface area contributed by atoms with Crippen molar-refractivity contribution in [3.05, 3.63) is 70.1 Å². The Morgan fingerprint density at radius 2 is 1.39 bits per heavy atom. The smallest absolute Gasteiger partial charge is 0.328 e. The van der Waals surface area contributed by atoms with Gasteiger partial charge in [0.2, 0.25) is 5.91 Å². The Labute approximate surface area is 272 Å². The maximum Gasteiger partial charge on any atom is 0.328 e. The van der Waals surface area contributed by atoms with E-state index in [0.717, 1.165) is 18.2 Å². The lowest BCUT2D eigenvalue weighted by molar-refractivity contribution is -0.145. The van der Waals surface area contributed by atoms with Gasteiger partial charge in [-0.25, -0.2) is 4.79 Å². The number of hydrogen-bond acceptors (Lipinski definition) is 9. The third-order valence-corrected chi connectivity index (χ3v) is 8.58. The molecule has 2 aliphatic carbocycles. The fourth-order valence-electron chi connectivity index (χ4n) is 5.20. The zero-order valence-corrected chi connectivity index (χ0v) is 26.2. The minimum Gasteiger partial charge on any atom is -0.480 e. The van der Waals surface area contributed by atoms with Crippen molar-refractivity contribution in [2.75, 3.05) is 13.2 Å². The number of furan rings is 2. The fraction of sp³-hybridized carbons (Fsp3) is 0.364. The summed E-state index contributed by atoms with van der Waals surface area (Å²) in [4.78, 5) is 59.6. The maximum atomic E-state index is 12.5. The molecule has 13 heteroatoms. The van der Waals surface area contributed by atoms with Crippen LogP contribution in [0.3, 0.4) is 0 Å². The highest BCUT2D eigenvalue weighted by Gasteiger charge is 2.50. The number of fused-ring (bicyclic) bond motifs is 2. The van der Waals surface area contributed by atoms with Crippen molar-refractivity contribution in [1.82, 2.24) is 5.32 Å². The number of rotatable bonds is 12. The molecule has 1 amide bonds. The molecule has 2 saturated carbocycles. The highest BCUT2D eigenvalue weighted by molar-refractivity contribution is 6.36. The summed E-state index contributed by atoms with van der Waals surface area (Å²) in [5.41, 5.74) is 1.97. The summed E-state index contributed by atoms with van der Waals surface area (Å²) in [6.07, 6.45) is 5.73. The van der Waals surface area contributed by atoms with Gasteiger partial charge in [-0.2, -0.15) is 0 Å². The van der Waals surface area contributed by atoms with E-state index in [4.69, 9.17) is 47.0 Å². The summed E-state index contributed by atoms with van der Waals surface area (Å²) >= 11 is 12.2. The van der Waals surface area contributed by atoms with Gasteiger partial charge in [0.05, 0.1) is 41.7 Å². The Morgan fingerprint density at radius 3 is 1.89 bits per heavy atom. The number of Topliss-reactive ketones (excluding diaryl/α,β-unsaturated/α-hetero) is 2. The van der Waals surface area contributed by atoms with Crippen molar-refractivity contribution in [3.63, 3.8) is 0 Å². The second-order valence-electron chi connectivity index (χ2n) is 11.3. The monoisotopic (exact) mass is 671 g/mol. The number of benzene rings is 2. The Bertz CT molecular complexity index is 1810. The Morgan fingerprint density at radius 1 is 0.870 bits per heavy atom. The van der Waals surface area contributed by atoms with Crippen LogP contribution in [0.1, 0.15) is 53.3 Å². The number of halogens is 2. The van der Waals surface area contributed by atoms with Crippen molar-refractivity contribution < 1.29 is 47.8 Å². The topological polar surface area (TPSA) is 173 Å². The molecule has 0 saturated heterocycles. The summed E-state index contributed by atoms with van der Waals surface area (Å²) in [7, 11) is 0. The zero-order chi connectivity index (χ0) is 33.1. The number of ketones is 2. The summed E-state index contributed by atoms with van der Waals surface area (Å²) in [6, 6.07) is 8.59. The molecule has 2 aliphatic rings. The Hall–Kier alpha value is -4.19. The minimum absolute atomic E-state index is 0.0533. The largest absolute Gasteiger partial charge is 0.480 e. The molecule has 0 bridgehead atoms. The van der Waals surface area contributed by atoms with E-state index in [1.807, 2.05) is 6.92 Å². The number of aliphatic hydroxyl groups is 1. The maximum absolute atomic E-state index is 12.5. The molecule has 0 aliphatic heterocycles. The van der Waals surface area contributed by atoms with Crippen LogP contribution in [0.15, 0.2) is 57.8 Å². The van der Waals surface area contributed by atoms with Gasteiger partial charge in [0.25, 0.3) is 0 Å². The number of ether oxygens (including phenoxy) is 1. The molecule has 2 aromatic carbocycles. The van der Waals surface area contributed by atoms with Gasteiger partial charge < -0.3 is 29.1 Å². The molecule has 0 spiro atoms.